The van der Waals surface area contributed by atoms with Gasteiger partial charge in [0.1, 0.15) is 6.61 Å². The molecular formula is C29H37N3O7. The fourth-order valence-corrected chi connectivity index (χ4v) is 4.46. The van der Waals surface area contributed by atoms with Gasteiger partial charge in [0.15, 0.2) is 6.04 Å². The molecule has 0 radical (unpaired) electrons. The van der Waals surface area contributed by atoms with E-state index >= 15 is 0 Å². The second-order valence-corrected chi connectivity index (χ2v) is 9.54. The van der Waals surface area contributed by atoms with Crippen LogP contribution in [0.5, 0.6) is 0 Å². The molecule has 1 aliphatic rings. The number of hydroxylamine groups is 1. The van der Waals surface area contributed by atoms with Crippen LogP contribution in [0.4, 0.5) is 4.79 Å². The Balaban J connectivity index is 1.69. The molecule has 1 heterocycles. The predicted molar refractivity (Wildman–Crippen MR) is 142 cm³/mol. The first-order valence-corrected chi connectivity index (χ1v) is 13.4. The van der Waals surface area contributed by atoms with E-state index in [1.165, 1.54) is 0 Å². The predicted octanol–water partition coefficient (Wildman–Crippen LogP) is 4.45. The number of unbranched alkanes of at least 4 members (excludes halogenated alkanes) is 2. The Morgan fingerprint density at radius 2 is 1.62 bits per heavy atom. The van der Waals surface area contributed by atoms with Crippen LogP contribution in [0.15, 0.2) is 60.7 Å². The smallest absolute Gasteiger partial charge is 0.429 e. The third-order valence-electron chi connectivity index (χ3n) is 6.56. The highest BCUT2D eigenvalue weighted by Crippen LogP contribution is 2.24. The molecule has 1 aliphatic heterocycles. The number of rotatable bonds is 13. The van der Waals surface area contributed by atoms with Crippen molar-refractivity contribution in [1.82, 2.24) is 15.5 Å². The summed E-state index contributed by atoms with van der Waals surface area (Å²) in [4.78, 5) is 57.0. The zero-order valence-corrected chi connectivity index (χ0v) is 22.3. The standard InChI is InChI=1S/C29H37N3O7/c1-2-3-6-16-24(27(34)30-39-21-23-14-9-5-10-15-23)19-26(33)32-25(28(35)36)17-11-18-31(32)29(37)38-20-22-12-7-4-8-13-22/h4-5,7-10,12-15,24-25H,2-3,6,11,16-21H2,1H3,(H,30,34)(H,35,36)/t24-,25-/m0/s1. The number of benzene rings is 2. The summed E-state index contributed by atoms with van der Waals surface area (Å²) in [5, 5.41) is 11.9. The fourth-order valence-electron chi connectivity index (χ4n) is 4.46. The molecule has 3 amide bonds. The molecule has 0 spiro atoms. The summed E-state index contributed by atoms with van der Waals surface area (Å²) in [5.41, 5.74) is 4.08. The van der Waals surface area contributed by atoms with E-state index in [4.69, 9.17) is 9.57 Å². The fraction of sp³-hybridized carbons (Fsp3) is 0.448. The lowest BCUT2D eigenvalue weighted by Gasteiger charge is -2.41. The van der Waals surface area contributed by atoms with Crippen LogP contribution in [0.2, 0.25) is 0 Å². The van der Waals surface area contributed by atoms with E-state index < -0.39 is 35.8 Å². The zero-order chi connectivity index (χ0) is 28.0. The number of amides is 3. The van der Waals surface area contributed by atoms with Crippen LogP contribution in [0, 0.1) is 5.92 Å². The van der Waals surface area contributed by atoms with E-state index in [9.17, 15) is 24.3 Å². The minimum Gasteiger partial charge on any atom is -0.480 e. The Labute approximate surface area is 228 Å². The number of carboxylic acids is 1. The number of aliphatic carboxylic acids is 1. The molecule has 0 saturated carbocycles. The number of hydrogen-bond donors (Lipinski definition) is 2. The average Bonchev–Trinajstić information content (AvgIpc) is 2.96. The van der Waals surface area contributed by atoms with Crippen molar-refractivity contribution in [2.75, 3.05) is 6.54 Å². The average molecular weight is 540 g/mol. The van der Waals surface area contributed by atoms with Crippen LogP contribution < -0.4 is 5.48 Å². The maximum Gasteiger partial charge on any atom is 0.429 e. The Morgan fingerprint density at radius 1 is 0.974 bits per heavy atom. The minimum absolute atomic E-state index is 0.0171. The van der Waals surface area contributed by atoms with Gasteiger partial charge in [-0.3, -0.25) is 14.4 Å². The molecule has 2 aromatic rings. The van der Waals surface area contributed by atoms with Crippen molar-refractivity contribution in [2.45, 2.75) is 71.1 Å². The van der Waals surface area contributed by atoms with Crippen molar-refractivity contribution in [3.63, 3.8) is 0 Å². The second kappa shape index (κ2) is 15.5. The molecule has 2 atom stereocenters. The Morgan fingerprint density at radius 3 is 2.23 bits per heavy atom. The van der Waals surface area contributed by atoms with E-state index in [1.807, 2.05) is 55.5 Å². The number of nitrogens with one attached hydrogen (secondary N) is 1. The molecule has 0 bridgehead atoms. The van der Waals surface area contributed by atoms with E-state index in [1.54, 1.807) is 12.1 Å². The summed E-state index contributed by atoms with van der Waals surface area (Å²) < 4.78 is 5.40. The zero-order valence-electron chi connectivity index (χ0n) is 22.3. The topological polar surface area (TPSA) is 125 Å². The van der Waals surface area contributed by atoms with Crippen molar-refractivity contribution in [2.24, 2.45) is 5.92 Å². The number of hydrogen-bond acceptors (Lipinski definition) is 6. The highest BCUT2D eigenvalue weighted by Gasteiger charge is 2.41. The van der Waals surface area contributed by atoms with Crippen molar-refractivity contribution < 1.29 is 33.9 Å². The Kier molecular flexibility index (Phi) is 11.8. The molecule has 3 rings (SSSR count). The highest BCUT2D eigenvalue weighted by molar-refractivity contribution is 5.89. The van der Waals surface area contributed by atoms with Crippen LogP contribution in [-0.4, -0.2) is 51.6 Å². The maximum atomic E-state index is 13.5. The van der Waals surface area contributed by atoms with Gasteiger partial charge >= 0.3 is 12.1 Å². The third-order valence-corrected chi connectivity index (χ3v) is 6.56. The number of nitrogens with zero attached hydrogens (tertiary/aromatic N) is 2. The largest absolute Gasteiger partial charge is 0.480 e. The van der Waals surface area contributed by atoms with Crippen molar-refractivity contribution in [3.05, 3.63) is 71.8 Å². The van der Waals surface area contributed by atoms with Crippen LogP contribution in [0.25, 0.3) is 0 Å². The lowest BCUT2D eigenvalue weighted by molar-refractivity contribution is -0.172. The van der Waals surface area contributed by atoms with E-state index in [0.717, 1.165) is 34.0 Å². The van der Waals surface area contributed by atoms with Gasteiger partial charge < -0.3 is 9.84 Å². The molecule has 2 aromatic carbocycles. The first-order chi connectivity index (χ1) is 18.9. The number of ether oxygens (including phenoxy) is 1. The molecule has 1 fully saturated rings. The van der Waals surface area contributed by atoms with E-state index in [0.29, 0.717) is 19.3 Å². The van der Waals surface area contributed by atoms with E-state index in [2.05, 4.69) is 5.48 Å². The number of hydrazine groups is 1. The number of carbonyl (C=O) groups is 4. The monoisotopic (exact) mass is 539 g/mol. The first-order valence-electron chi connectivity index (χ1n) is 13.4. The molecule has 2 N–H and O–H groups in total. The Hall–Kier alpha value is -3.92. The van der Waals surface area contributed by atoms with E-state index in [-0.39, 0.29) is 32.6 Å². The van der Waals surface area contributed by atoms with Gasteiger partial charge in [0, 0.05) is 18.9 Å². The quantitative estimate of drug-likeness (QED) is 0.285. The summed E-state index contributed by atoms with van der Waals surface area (Å²) in [6.07, 6.45) is 2.46. The minimum atomic E-state index is -1.23. The maximum absolute atomic E-state index is 13.5. The highest BCUT2D eigenvalue weighted by atomic mass is 16.6. The van der Waals surface area contributed by atoms with Gasteiger partial charge in [0.2, 0.25) is 11.8 Å². The summed E-state index contributed by atoms with van der Waals surface area (Å²) in [7, 11) is 0. The molecule has 0 unspecified atom stereocenters. The lowest BCUT2D eigenvalue weighted by Crippen LogP contribution is -2.60. The second-order valence-electron chi connectivity index (χ2n) is 9.54. The summed E-state index contributed by atoms with van der Waals surface area (Å²) in [6.45, 7) is 2.32. The van der Waals surface area contributed by atoms with Gasteiger partial charge in [0.25, 0.3) is 0 Å². The van der Waals surface area contributed by atoms with Crippen LogP contribution in [0.3, 0.4) is 0 Å². The molecule has 39 heavy (non-hydrogen) atoms. The lowest BCUT2D eigenvalue weighted by atomic mass is 9.96. The van der Waals surface area contributed by atoms with Gasteiger partial charge in [-0.15, -0.1) is 0 Å². The van der Waals surface area contributed by atoms with Crippen LogP contribution in [0.1, 0.15) is 63.0 Å². The Bertz CT molecular complexity index is 1080. The number of carbonyl (C=O) groups excluding carboxylic acids is 3. The third kappa shape index (κ3) is 9.10. The summed E-state index contributed by atoms with van der Waals surface area (Å²) >= 11 is 0. The molecule has 10 nitrogen and oxygen atoms in total. The SMILES string of the molecule is CCCCC[C@@H](CC(=O)N1[C@H](C(=O)O)CCCN1C(=O)OCc1ccccc1)C(=O)NOCc1ccccc1. The van der Waals surface area contributed by atoms with Crippen molar-refractivity contribution in [3.8, 4) is 0 Å². The van der Waals surface area contributed by atoms with Gasteiger partial charge in [-0.25, -0.2) is 25.1 Å². The molecule has 0 aromatic heterocycles. The first kappa shape index (κ1) is 29.6. The number of carboxylic acid groups (broad SMARTS) is 1. The van der Waals surface area contributed by atoms with Gasteiger partial charge in [-0.2, -0.15) is 0 Å². The summed E-state index contributed by atoms with van der Waals surface area (Å²) in [6, 6.07) is 17.2. The summed E-state index contributed by atoms with van der Waals surface area (Å²) in [5.74, 6) is -3.06. The van der Waals surface area contributed by atoms with Gasteiger partial charge in [-0.1, -0.05) is 86.8 Å². The normalized spacial score (nSPS) is 15.9. The molecular weight excluding hydrogens is 502 g/mol. The molecule has 10 heteroatoms. The van der Waals surface area contributed by atoms with Crippen molar-refractivity contribution in [1.29, 1.82) is 0 Å². The van der Waals surface area contributed by atoms with Gasteiger partial charge in [-0.05, 0) is 30.4 Å². The molecule has 1 saturated heterocycles. The molecule has 210 valence electrons. The van der Waals surface area contributed by atoms with Gasteiger partial charge in [0.05, 0.1) is 6.61 Å². The van der Waals surface area contributed by atoms with Crippen LogP contribution >= 0.6 is 0 Å². The molecule has 0 aliphatic carbocycles. The van der Waals surface area contributed by atoms with Crippen molar-refractivity contribution >= 4 is 23.9 Å². The van der Waals surface area contributed by atoms with Crippen LogP contribution in [-0.2, 0) is 37.2 Å².